The van der Waals surface area contributed by atoms with Crippen molar-refractivity contribution in [1.29, 1.82) is 0 Å². The van der Waals surface area contributed by atoms with E-state index in [1.165, 1.54) is 4.88 Å². The van der Waals surface area contributed by atoms with Gasteiger partial charge in [-0.1, -0.05) is 20.8 Å². The zero-order chi connectivity index (χ0) is 11.5. The molecule has 0 spiro atoms. The number of aliphatic hydroxyl groups is 1. The second kappa shape index (κ2) is 5.05. The SMILES string of the molecule is Cc1nc(CNCCO)sc1C(C)(C)C. The van der Waals surface area contributed by atoms with Crippen LogP contribution < -0.4 is 5.32 Å². The van der Waals surface area contributed by atoms with E-state index in [2.05, 4.69) is 38.0 Å². The van der Waals surface area contributed by atoms with Crippen LogP contribution in [-0.4, -0.2) is 23.2 Å². The van der Waals surface area contributed by atoms with Gasteiger partial charge in [-0.15, -0.1) is 11.3 Å². The summed E-state index contributed by atoms with van der Waals surface area (Å²) in [5, 5.41) is 12.9. The van der Waals surface area contributed by atoms with E-state index in [1.807, 2.05) is 0 Å². The number of aryl methyl sites for hydroxylation is 1. The molecular formula is C11H20N2OS. The van der Waals surface area contributed by atoms with Crippen LogP contribution in [0.4, 0.5) is 0 Å². The predicted octanol–water partition coefficient (Wildman–Crippen LogP) is 1.83. The van der Waals surface area contributed by atoms with Crippen LogP contribution in [0.3, 0.4) is 0 Å². The minimum absolute atomic E-state index is 0.177. The van der Waals surface area contributed by atoms with Crippen molar-refractivity contribution in [1.82, 2.24) is 10.3 Å². The van der Waals surface area contributed by atoms with Crippen molar-refractivity contribution in [3.05, 3.63) is 15.6 Å². The first-order valence-electron chi connectivity index (χ1n) is 5.23. The Morgan fingerprint density at radius 1 is 1.40 bits per heavy atom. The van der Waals surface area contributed by atoms with Crippen molar-refractivity contribution in [2.45, 2.75) is 39.7 Å². The highest BCUT2D eigenvalue weighted by molar-refractivity contribution is 7.11. The Bertz CT molecular complexity index is 315. The topological polar surface area (TPSA) is 45.2 Å². The fraction of sp³-hybridized carbons (Fsp3) is 0.727. The number of aromatic nitrogens is 1. The molecule has 0 saturated carbocycles. The van der Waals surface area contributed by atoms with Crippen molar-refractivity contribution >= 4 is 11.3 Å². The Kier molecular flexibility index (Phi) is 4.25. The van der Waals surface area contributed by atoms with Crippen LogP contribution in [0.1, 0.15) is 36.3 Å². The molecule has 0 amide bonds. The molecule has 2 N–H and O–H groups in total. The lowest BCUT2D eigenvalue weighted by Gasteiger charge is -2.16. The predicted molar refractivity (Wildman–Crippen MR) is 64.3 cm³/mol. The molecule has 1 aromatic heterocycles. The molecule has 0 bridgehead atoms. The van der Waals surface area contributed by atoms with Crippen LogP contribution >= 0.6 is 11.3 Å². The third-order valence-electron chi connectivity index (χ3n) is 2.09. The number of hydrogen-bond acceptors (Lipinski definition) is 4. The molecule has 86 valence electrons. The van der Waals surface area contributed by atoms with E-state index in [9.17, 15) is 0 Å². The molecule has 1 aromatic rings. The second-order valence-electron chi connectivity index (χ2n) is 4.67. The van der Waals surface area contributed by atoms with Gasteiger partial charge in [0.2, 0.25) is 0 Å². The Morgan fingerprint density at radius 2 is 2.07 bits per heavy atom. The Morgan fingerprint density at radius 3 is 2.53 bits per heavy atom. The average molecular weight is 228 g/mol. The molecule has 0 unspecified atom stereocenters. The summed E-state index contributed by atoms with van der Waals surface area (Å²) in [5.74, 6) is 0. The molecule has 0 atom stereocenters. The van der Waals surface area contributed by atoms with Gasteiger partial charge in [0.05, 0.1) is 12.3 Å². The number of aliphatic hydroxyl groups excluding tert-OH is 1. The van der Waals surface area contributed by atoms with E-state index in [0.29, 0.717) is 6.54 Å². The van der Waals surface area contributed by atoms with Gasteiger partial charge in [0, 0.05) is 18.0 Å². The highest BCUT2D eigenvalue weighted by Crippen LogP contribution is 2.30. The normalized spacial score (nSPS) is 12.1. The van der Waals surface area contributed by atoms with Gasteiger partial charge < -0.3 is 10.4 Å². The van der Waals surface area contributed by atoms with Gasteiger partial charge in [-0.05, 0) is 12.3 Å². The van der Waals surface area contributed by atoms with Crippen molar-refractivity contribution in [3.8, 4) is 0 Å². The summed E-state index contributed by atoms with van der Waals surface area (Å²) in [6, 6.07) is 0. The first-order valence-corrected chi connectivity index (χ1v) is 6.05. The maximum atomic E-state index is 8.65. The molecule has 0 radical (unpaired) electrons. The molecule has 1 heterocycles. The van der Waals surface area contributed by atoms with Crippen molar-refractivity contribution in [3.63, 3.8) is 0 Å². The van der Waals surface area contributed by atoms with E-state index in [1.54, 1.807) is 11.3 Å². The van der Waals surface area contributed by atoms with Crippen LogP contribution in [0, 0.1) is 6.92 Å². The average Bonchev–Trinajstić information content (AvgIpc) is 2.47. The number of hydrogen-bond donors (Lipinski definition) is 2. The molecule has 15 heavy (non-hydrogen) atoms. The zero-order valence-corrected chi connectivity index (χ0v) is 10.7. The smallest absolute Gasteiger partial charge is 0.107 e. The summed E-state index contributed by atoms with van der Waals surface area (Å²) in [5.41, 5.74) is 1.31. The number of nitrogens with one attached hydrogen (secondary N) is 1. The highest BCUT2D eigenvalue weighted by Gasteiger charge is 2.20. The molecule has 4 heteroatoms. The van der Waals surface area contributed by atoms with E-state index >= 15 is 0 Å². The third kappa shape index (κ3) is 3.55. The molecule has 0 saturated heterocycles. The third-order valence-corrected chi connectivity index (χ3v) is 3.67. The zero-order valence-electron chi connectivity index (χ0n) is 9.92. The van der Waals surface area contributed by atoms with Crippen molar-refractivity contribution in [2.75, 3.05) is 13.2 Å². The molecule has 3 nitrogen and oxygen atoms in total. The largest absolute Gasteiger partial charge is 0.395 e. The highest BCUT2D eigenvalue weighted by atomic mass is 32.1. The molecule has 0 fully saturated rings. The van der Waals surface area contributed by atoms with Gasteiger partial charge in [-0.25, -0.2) is 4.98 Å². The molecule has 1 rings (SSSR count). The second-order valence-corrected chi connectivity index (χ2v) is 5.76. The standard InChI is InChI=1S/C11H20N2OS/c1-8-10(11(2,3)4)15-9(13-8)7-12-5-6-14/h12,14H,5-7H2,1-4H3. The van der Waals surface area contributed by atoms with E-state index < -0.39 is 0 Å². The summed E-state index contributed by atoms with van der Waals surface area (Å²) in [7, 11) is 0. The summed E-state index contributed by atoms with van der Waals surface area (Å²) < 4.78 is 0. The van der Waals surface area contributed by atoms with Crippen LogP contribution in [0.5, 0.6) is 0 Å². The van der Waals surface area contributed by atoms with Gasteiger partial charge >= 0.3 is 0 Å². The number of rotatable bonds is 4. The van der Waals surface area contributed by atoms with E-state index in [-0.39, 0.29) is 12.0 Å². The lowest BCUT2D eigenvalue weighted by molar-refractivity contribution is 0.292. The lowest BCUT2D eigenvalue weighted by Crippen LogP contribution is -2.17. The molecule has 0 aliphatic carbocycles. The van der Waals surface area contributed by atoms with Gasteiger partial charge in [0.25, 0.3) is 0 Å². The van der Waals surface area contributed by atoms with Crippen LogP contribution in [0.25, 0.3) is 0 Å². The fourth-order valence-corrected chi connectivity index (χ4v) is 2.59. The quantitative estimate of drug-likeness (QED) is 0.773. The molecule has 0 aliphatic rings. The van der Waals surface area contributed by atoms with Gasteiger partial charge in [-0.2, -0.15) is 0 Å². The van der Waals surface area contributed by atoms with Crippen molar-refractivity contribution < 1.29 is 5.11 Å². The monoisotopic (exact) mass is 228 g/mol. The maximum Gasteiger partial charge on any atom is 0.107 e. The molecular weight excluding hydrogens is 208 g/mol. The molecule has 0 aliphatic heterocycles. The Balaban J connectivity index is 2.69. The summed E-state index contributed by atoms with van der Waals surface area (Å²) in [6.45, 7) is 10.2. The van der Waals surface area contributed by atoms with E-state index in [4.69, 9.17) is 5.11 Å². The number of thiazole rings is 1. The first kappa shape index (κ1) is 12.6. The first-order chi connectivity index (χ1) is 6.95. The summed E-state index contributed by atoms with van der Waals surface area (Å²) >= 11 is 1.76. The molecule has 0 aromatic carbocycles. The maximum absolute atomic E-state index is 8.65. The summed E-state index contributed by atoms with van der Waals surface area (Å²) in [4.78, 5) is 5.87. The fourth-order valence-electron chi connectivity index (χ4n) is 1.50. The Hall–Kier alpha value is -0.450. The van der Waals surface area contributed by atoms with Crippen molar-refractivity contribution in [2.24, 2.45) is 0 Å². The Labute approximate surface area is 95.6 Å². The van der Waals surface area contributed by atoms with Crippen LogP contribution in [-0.2, 0) is 12.0 Å². The van der Waals surface area contributed by atoms with E-state index in [0.717, 1.165) is 17.2 Å². The lowest BCUT2D eigenvalue weighted by atomic mass is 9.94. The van der Waals surface area contributed by atoms with Crippen LogP contribution in [0.15, 0.2) is 0 Å². The minimum Gasteiger partial charge on any atom is -0.395 e. The number of nitrogens with zero attached hydrogens (tertiary/aromatic N) is 1. The van der Waals surface area contributed by atoms with Crippen LogP contribution in [0.2, 0.25) is 0 Å². The van der Waals surface area contributed by atoms with Gasteiger partial charge in [-0.3, -0.25) is 0 Å². The summed E-state index contributed by atoms with van der Waals surface area (Å²) in [6.07, 6.45) is 0. The van der Waals surface area contributed by atoms with Gasteiger partial charge in [0.15, 0.2) is 0 Å². The van der Waals surface area contributed by atoms with Gasteiger partial charge in [0.1, 0.15) is 5.01 Å². The minimum atomic E-state index is 0.177.